The van der Waals surface area contributed by atoms with Crippen molar-refractivity contribution in [3.8, 4) is 11.5 Å². The second kappa shape index (κ2) is 18.5. The van der Waals surface area contributed by atoms with Crippen molar-refractivity contribution in [2.24, 2.45) is 20.5 Å². The molecule has 0 saturated carbocycles. The van der Waals surface area contributed by atoms with E-state index in [1.807, 2.05) is 109 Å². The minimum atomic E-state index is -0.613. The van der Waals surface area contributed by atoms with E-state index in [2.05, 4.69) is 27.0 Å². The molecule has 0 aromatic heterocycles. The number of esters is 1. The molecule has 0 spiro atoms. The van der Waals surface area contributed by atoms with E-state index in [1.165, 1.54) is 0 Å². The molecule has 0 amide bonds. The molecule has 0 heterocycles. The highest BCUT2D eigenvalue weighted by molar-refractivity contribution is 5.87. The van der Waals surface area contributed by atoms with Crippen LogP contribution in [0.1, 0.15) is 6.92 Å². The van der Waals surface area contributed by atoms with Gasteiger partial charge in [0, 0.05) is 5.57 Å². The molecule has 0 saturated heterocycles. The third-order valence-corrected chi connectivity index (χ3v) is 5.97. The van der Waals surface area contributed by atoms with Crippen LogP contribution in [0.5, 0.6) is 11.5 Å². The average molecular weight is 609 g/mol. The summed E-state index contributed by atoms with van der Waals surface area (Å²) in [4.78, 5) is 12.1. The predicted molar refractivity (Wildman–Crippen MR) is 171 cm³/mol. The number of azo groups is 2. The molecular formula is C35H36N4O6. The van der Waals surface area contributed by atoms with Crippen LogP contribution >= 0.6 is 0 Å². The zero-order valence-electron chi connectivity index (χ0n) is 25.2. The molecule has 0 unspecified atom stereocenters. The van der Waals surface area contributed by atoms with Gasteiger partial charge in [-0.15, -0.1) is 0 Å². The number of hydrogen-bond donors (Lipinski definition) is 0. The second-order valence-electron chi connectivity index (χ2n) is 9.71. The molecule has 0 N–H and O–H groups in total. The number of ether oxygens (including phenoxy) is 5. The van der Waals surface area contributed by atoms with E-state index in [9.17, 15) is 4.79 Å². The molecule has 0 radical (unpaired) electrons. The second-order valence-corrected chi connectivity index (χ2v) is 9.71. The largest absolute Gasteiger partial charge is 0.491 e. The fourth-order valence-corrected chi connectivity index (χ4v) is 3.67. The van der Waals surface area contributed by atoms with Crippen molar-refractivity contribution < 1.29 is 28.5 Å². The molecule has 10 heteroatoms. The van der Waals surface area contributed by atoms with Gasteiger partial charge in [-0.05, 0) is 79.7 Å². The molecule has 4 aromatic carbocycles. The summed E-state index contributed by atoms with van der Waals surface area (Å²) in [6.45, 7) is 6.72. The van der Waals surface area contributed by atoms with Crippen molar-refractivity contribution in [3.05, 3.63) is 121 Å². The number of benzene rings is 4. The molecule has 0 aliphatic heterocycles. The smallest absolute Gasteiger partial charge is 0.333 e. The normalized spacial score (nSPS) is 11.8. The van der Waals surface area contributed by atoms with Gasteiger partial charge >= 0.3 is 5.97 Å². The molecule has 232 valence electrons. The monoisotopic (exact) mass is 608 g/mol. The van der Waals surface area contributed by atoms with E-state index in [0.717, 1.165) is 22.7 Å². The van der Waals surface area contributed by atoms with Gasteiger partial charge in [0.05, 0.1) is 49.2 Å². The predicted octanol–water partition coefficient (Wildman–Crippen LogP) is 8.50. The summed E-state index contributed by atoms with van der Waals surface area (Å²) in [6.07, 6.45) is -0.613. The first kappa shape index (κ1) is 32.7. The summed E-state index contributed by atoms with van der Waals surface area (Å²) in [5, 5.41) is 16.8. The maximum absolute atomic E-state index is 12.1. The number of nitrogens with zero attached hydrogens (tertiary/aromatic N) is 4. The Morgan fingerprint density at radius 3 is 1.33 bits per heavy atom. The lowest BCUT2D eigenvalue weighted by Crippen LogP contribution is -2.30. The van der Waals surface area contributed by atoms with Gasteiger partial charge in [0.15, 0.2) is 0 Å². The van der Waals surface area contributed by atoms with Crippen molar-refractivity contribution in [3.63, 3.8) is 0 Å². The molecule has 0 fully saturated rings. The van der Waals surface area contributed by atoms with Crippen LogP contribution < -0.4 is 9.47 Å². The molecule has 4 rings (SSSR count). The van der Waals surface area contributed by atoms with Gasteiger partial charge in [-0.1, -0.05) is 43.0 Å². The van der Waals surface area contributed by atoms with Crippen molar-refractivity contribution in [1.29, 1.82) is 0 Å². The van der Waals surface area contributed by atoms with Crippen LogP contribution in [-0.2, 0) is 19.0 Å². The van der Waals surface area contributed by atoms with Crippen molar-refractivity contribution in [1.82, 2.24) is 0 Å². The maximum atomic E-state index is 12.1. The number of carbonyl (C=O) groups is 1. The summed E-state index contributed by atoms with van der Waals surface area (Å²) in [5.41, 5.74) is 3.30. The van der Waals surface area contributed by atoms with E-state index in [1.54, 1.807) is 6.92 Å². The fraction of sp³-hybridized carbons (Fsp3) is 0.229. The first-order valence-electron chi connectivity index (χ1n) is 14.5. The molecule has 45 heavy (non-hydrogen) atoms. The summed E-state index contributed by atoms with van der Waals surface area (Å²) in [7, 11) is 0. The summed E-state index contributed by atoms with van der Waals surface area (Å²) < 4.78 is 28.4. The molecule has 0 aliphatic carbocycles. The molecule has 10 nitrogen and oxygen atoms in total. The zero-order chi connectivity index (χ0) is 31.5. The highest BCUT2D eigenvalue weighted by atomic mass is 16.6. The van der Waals surface area contributed by atoms with Crippen LogP contribution in [0, 0.1) is 0 Å². The van der Waals surface area contributed by atoms with Crippen molar-refractivity contribution in [2.45, 2.75) is 13.0 Å². The average Bonchev–Trinajstić information content (AvgIpc) is 3.08. The Morgan fingerprint density at radius 2 is 0.956 bits per heavy atom. The highest BCUT2D eigenvalue weighted by Crippen LogP contribution is 2.22. The Bertz CT molecular complexity index is 1410. The van der Waals surface area contributed by atoms with E-state index >= 15 is 0 Å². The lowest BCUT2D eigenvalue weighted by atomic mass is 10.3. The van der Waals surface area contributed by atoms with Crippen LogP contribution in [0.25, 0.3) is 0 Å². The van der Waals surface area contributed by atoms with Gasteiger partial charge in [-0.25, -0.2) is 4.79 Å². The van der Waals surface area contributed by atoms with Gasteiger partial charge in [0.25, 0.3) is 0 Å². The highest BCUT2D eigenvalue weighted by Gasteiger charge is 2.16. The Balaban J connectivity index is 1.12. The SMILES string of the molecule is C=C(C)C(=O)OC(COCCOc1ccc(N=Nc2ccccc2)cc1)COCCOc1ccc(N=Nc2ccccc2)cc1. The number of hydrogen-bond acceptors (Lipinski definition) is 10. The quantitative estimate of drug-likeness (QED) is 0.0484. The maximum Gasteiger partial charge on any atom is 0.333 e. The van der Waals surface area contributed by atoms with Crippen LogP contribution in [0.4, 0.5) is 22.7 Å². The Morgan fingerprint density at radius 1 is 0.578 bits per heavy atom. The van der Waals surface area contributed by atoms with Gasteiger partial charge in [0.2, 0.25) is 0 Å². The molecule has 4 aromatic rings. The third-order valence-electron chi connectivity index (χ3n) is 5.97. The zero-order valence-corrected chi connectivity index (χ0v) is 25.2. The first-order chi connectivity index (χ1) is 22.0. The van der Waals surface area contributed by atoms with E-state index in [-0.39, 0.29) is 13.2 Å². The van der Waals surface area contributed by atoms with E-state index in [0.29, 0.717) is 43.5 Å². The molecule has 0 atom stereocenters. The Kier molecular flexibility index (Phi) is 13.4. The lowest BCUT2D eigenvalue weighted by molar-refractivity contribution is -0.151. The first-order valence-corrected chi connectivity index (χ1v) is 14.5. The van der Waals surface area contributed by atoms with Crippen molar-refractivity contribution >= 4 is 28.7 Å². The van der Waals surface area contributed by atoms with Crippen LogP contribution in [0.2, 0.25) is 0 Å². The summed E-state index contributed by atoms with van der Waals surface area (Å²) in [5.74, 6) is 0.850. The fourth-order valence-electron chi connectivity index (χ4n) is 3.67. The standard InChI is InChI=1S/C35H36N4O6/c1-27(2)35(40)45-34(25-41-21-23-43-32-17-13-30(14-18-32)38-36-28-9-5-3-6-10-28)26-42-22-24-44-33-19-15-31(16-20-33)39-37-29-11-7-4-8-12-29/h3-20,34H,1,21-26H2,2H3. The Labute approximate surface area is 263 Å². The summed E-state index contributed by atoms with van der Waals surface area (Å²) in [6, 6.07) is 33.6. The number of rotatable bonds is 18. The molecule has 0 aliphatic rings. The van der Waals surface area contributed by atoms with Crippen LogP contribution in [0.15, 0.2) is 142 Å². The minimum Gasteiger partial charge on any atom is -0.491 e. The minimum absolute atomic E-state index is 0.140. The Hall–Kier alpha value is -5.19. The third kappa shape index (κ3) is 12.5. The van der Waals surface area contributed by atoms with Crippen LogP contribution in [0.3, 0.4) is 0 Å². The van der Waals surface area contributed by atoms with Gasteiger partial charge in [-0.2, -0.15) is 20.5 Å². The van der Waals surface area contributed by atoms with Gasteiger partial charge in [0.1, 0.15) is 30.8 Å². The lowest BCUT2D eigenvalue weighted by Gasteiger charge is -2.18. The number of carbonyl (C=O) groups excluding carboxylic acids is 1. The topological polar surface area (TPSA) is 113 Å². The van der Waals surface area contributed by atoms with Gasteiger partial charge in [-0.3, -0.25) is 0 Å². The van der Waals surface area contributed by atoms with Crippen LogP contribution in [-0.4, -0.2) is 51.7 Å². The van der Waals surface area contributed by atoms with E-state index in [4.69, 9.17) is 23.7 Å². The molecule has 0 bridgehead atoms. The van der Waals surface area contributed by atoms with Gasteiger partial charge < -0.3 is 23.7 Å². The molecular weight excluding hydrogens is 572 g/mol. The van der Waals surface area contributed by atoms with Crippen molar-refractivity contribution in [2.75, 3.05) is 39.6 Å². The van der Waals surface area contributed by atoms with E-state index < -0.39 is 12.1 Å². The summed E-state index contributed by atoms with van der Waals surface area (Å²) >= 11 is 0.